The normalized spacial score (nSPS) is 10.0. The van der Waals surface area contributed by atoms with Gasteiger partial charge in [-0.25, -0.2) is 0 Å². The van der Waals surface area contributed by atoms with Gasteiger partial charge in [-0.05, 0) is 37.3 Å². The highest BCUT2D eigenvalue weighted by Gasteiger charge is 2.08. The van der Waals surface area contributed by atoms with Crippen LogP contribution in [0, 0.1) is 6.92 Å². The van der Waals surface area contributed by atoms with Crippen LogP contribution in [0.25, 0.3) is 0 Å². The summed E-state index contributed by atoms with van der Waals surface area (Å²) >= 11 is 6.06. The van der Waals surface area contributed by atoms with E-state index >= 15 is 0 Å². The zero-order chi connectivity index (χ0) is 15.4. The first kappa shape index (κ1) is 15.1. The number of rotatable bonds is 3. The molecule has 2 amide bonds. The lowest BCUT2D eigenvalue weighted by atomic mass is 10.1. The fourth-order valence-corrected chi connectivity index (χ4v) is 2.02. The van der Waals surface area contributed by atoms with E-state index in [1.807, 2.05) is 19.1 Å². The van der Waals surface area contributed by atoms with Crippen molar-refractivity contribution in [1.29, 1.82) is 0 Å². The average Bonchev–Trinajstić information content (AvgIpc) is 2.42. The van der Waals surface area contributed by atoms with Crippen molar-refractivity contribution in [2.75, 3.05) is 10.6 Å². The second-order valence-corrected chi connectivity index (χ2v) is 5.10. The molecule has 4 nitrogen and oxygen atoms in total. The summed E-state index contributed by atoms with van der Waals surface area (Å²) in [5, 5.41) is 5.74. The Morgan fingerprint density at radius 2 is 1.67 bits per heavy atom. The number of hydrogen-bond donors (Lipinski definition) is 2. The number of carbonyl (C=O) groups is 2. The molecular formula is C16H15ClN2O2. The number of amides is 2. The van der Waals surface area contributed by atoms with Crippen LogP contribution in [-0.2, 0) is 4.79 Å². The summed E-state index contributed by atoms with van der Waals surface area (Å²) in [6, 6.07) is 12.2. The van der Waals surface area contributed by atoms with Crippen LogP contribution in [-0.4, -0.2) is 11.8 Å². The van der Waals surface area contributed by atoms with Crippen molar-refractivity contribution in [2.24, 2.45) is 0 Å². The van der Waals surface area contributed by atoms with Crippen molar-refractivity contribution in [2.45, 2.75) is 13.8 Å². The number of halogens is 1. The Morgan fingerprint density at radius 3 is 2.24 bits per heavy atom. The second-order valence-electron chi connectivity index (χ2n) is 4.70. The summed E-state index contributed by atoms with van der Waals surface area (Å²) in [4.78, 5) is 23.1. The SMILES string of the molecule is CC(=O)Nc1ccc(NC(=O)c2ccc(C)cc2)cc1Cl. The van der Waals surface area contributed by atoms with Crippen LogP contribution in [0.5, 0.6) is 0 Å². The molecule has 0 bridgehead atoms. The molecule has 0 saturated heterocycles. The van der Waals surface area contributed by atoms with E-state index in [0.717, 1.165) is 5.56 Å². The number of benzene rings is 2. The van der Waals surface area contributed by atoms with Crippen LogP contribution in [0.2, 0.25) is 5.02 Å². The fraction of sp³-hybridized carbons (Fsp3) is 0.125. The topological polar surface area (TPSA) is 58.2 Å². The average molecular weight is 303 g/mol. The monoisotopic (exact) mass is 302 g/mol. The van der Waals surface area contributed by atoms with E-state index in [0.29, 0.717) is 22.0 Å². The van der Waals surface area contributed by atoms with Gasteiger partial charge in [0, 0.05) is 18.2 Å². The molecule has 0 aliphatic carbocycles. The number of aryl methyl sites for hydroxylation is 1. The van der Waals surface area contributed by atoms with Gasteiger partial charge in [-0.3, -0.25) is 9.59 Å². The van der Waals surface area contributed by atoms with E-state index in [4.69, 9.17) is 11.6 Å². The molecule has 5 heteroatoms. The lowest BCUT2D eigenvalue weighted by molar-refractivity contribution is -0.114. The highest BCUT2D eigenvalue weighted by atomic mass is 35.5. The number of carbonyl (C=O) groups excluding carboxylic acids is 2. The van der Waals surface area contributed by atoms with Crippen LogP contribution < -0.4 is 10.6 Å². The molecule has 0 fully saturated rings. The zero-order valence-electron chi connectivity index (χ0n) is 11.7. The van der Waals surface area contributed by atoms with E-state index in [-0.39, 0.29) is 11.8 Å². The minimum atomic E-state index is -0.210. The third-order valence-corrected chi connectivity index (χ3v) is 3.16. The third kappa shape index (κ3) is 4.07. The van der Waals surface area contributed by atoms with Crippen LogP contribution in [0.1, 0.15) is 22.8 Å². The molecular weight excluding hydrogens is 288 g/mol. The van der Waals surface area contributed by atoms with E-state index in [1.54, 1.807) is 30.3 Å². The molecule has 0 unspecified atom stereocenters. The molecule has 0 radical (unpaired) electrons. The maximum atomic E-state index is 12.1. The number of hydrogen-bond acceptors (Lipinski definition) is 2. The lowest BCUT2D eigenvalue weighted by Gasteiger charge is -2.09. The van der Waals surface area contributed by atoms with E-state index < -0.39 is 0 Å². The summed E-state index contributed by atoms with van der Waals surface area (Å²) in [7, 11) is 0. The Hall–Kier alpha value is -2.33. The summed E-state index contributed by atoms with van der Waals surface area (Å²) < 4.78 is 0. The molecule has 2 N–H and O–H groups in total. The number of nitrogens with one attached hydrogen (secondary N) is 2. The molecule has 0 saturated carbocycles. The summed E-state index contributed by atoms with van der Waals surface area (Å²) in [5.74, 6) is -0.410. The van der Waals surface area contributed by atoms with Gasteiger partial charge >= 0.3 is 0 Å². The first-order valence-electron chi connectivity index (χ1n) is 6.41. The van der Waals surface area contributed by atoms with Crippen molar-refractivity contribution in [1.82, 2.24) is 0 Å². The lowest BCUT2D eigenvalue weighted by Crippen LogP contribution is -2.12. The Bertz CT molecular complexity index is 681. The quantitative estimate of drug-likeness (QED) is 0.904. The Balaban J connectivity index is 2.12. The van der Waals surface area contributed by atoms with Crippen molar-refractivity contribution in [3.63, 3.8) is 0 Å². The molecule has 2 aromatic carbocycles. The maximum absolute atomic E-state index is 12.1. The minimum Gasteiger partial charge on any atom is -0.325 e. The Morgan fingerprint density at radius 1 is 1.00 bits per heavy atom. The van der Waals surface area contributed by atoms with Crippen molar-refractivity contribution in [3.8, 4) is 0 Å². The van der Waals surface area contributed by atoms with Crippen molar-refractivity contribution in [3.05, 3.63) is 58.6 Å². The van der Waals surface area contributed by atoms with Gasteiger partial charge < -0.3 is 10.6 Å². The molecule has 2 rings (SSSR count). The first-order valence-corrected chi connectivity index (χ1v) is 6.78. The van der Waals surface area contributed by atoms with E-state index in [2.05, 4.69) is 10.6 Å². The van der Waals surface area contributed by atoms with Gasteiger partial charge in [0.15, 0.2) is 0 Å². The Labute approximate surface area is 128 Å². The summed E-state index contributed by atoms with van der Waals surface area (Å²) in [6.45, 7) is 3.37. The van der Waals surface area contributed by atoms with Gasteiger partial charge in [-0.2, -0.15) is 0 Å². The molecule has 0 atom stereocenters. The van der Waals surface area contributed by atoms with Gasteiger partial charge in [-0.15, -0.1) is 0 Å². The largest absolute Gasteiger partial charge is 0.325 e. The van der Waals surface area contributed by atoms with Crippen molar-refractivity contribution < 1.29 is 9.59 Å². The maximum Gasteiger partial charge on any atom is 0.255 e. The summed E-state index contributed by atoms with van der Waals surface area (Å²) in [6.07, 6.45) is 0. The predicted molar refractivity (Wildman–Crippen MR) is 84.9 cm³/mol. The van der Waals surface area contributed by atoms with Gasteiger partial charge in [0.05, 0.1) is 10.7 Å². The molecule has 0 aliphatic rings. The van der Waals surface area contributed by atoms with Crippen LogP contribution in [0.4, 0.5) is 11.4 Å². The molecule has 108 valence electrons. The van der Waals surface area contributed by atoms with Crippen LogP contribution >= 0.6 is 11.6 Å². The van der Waals surface area contributed by atoms with Crippen LogP contribution in [0.3, 0.4) is 0 Å². The smallest absolute Gasteiger partial charge is 0.255 e. The first-order chi connectivity index (χ1) is 9.95. The van der Waals surface area contributed by atoms with Gasteiger partial charge in [0.25, 0.3) is 5.91 Å². The standard InChI is InChI=1S/C16H15ClN2O2/c1-10-3-5-12(6-4-10)16(21)19-13-7-8-15(14(17)9-13)18-11(2)20/h3-9H,1-2H3,(H,18,20)(H,19,21). The van der Waals surface area contributed by atoms with Crippen molar-refractivity contribution >= 4 is 34.8 Å². The third-order valence-electron chi connectivity index (χ3n) is 2.85. The predicted octanol–water partition coefficient (Wildman–Crippen LogP) is 3.86. The summed E-state index contributed by atoms with van der Waals surface area (Å²) in [5.41, 5.74) is 2.74. The molecule has 0 spiro atoms. The fourth-order valence-electron chi connectivity index (χ4n) is 1.79. The zero-order valence-corrected chi connectivity index (χ0v) is 12.5. The van der Waals surface area contributed by atoms with Gasteiger partial charge in [-0.1, -0.05) is 29.3 Å². The second kappa shape index (κ2) is 6.41. The molecule has 0 aliphatic heterocycles. The van der Waals surface area contributed by atoms with Gasteiger partial charge in [0.2, 0.25) is 5.91 Å². The van der Waals surface area contributed by atoms with Gasteiger partial charge in [0.1, 0.15) is 0 Å². The Kier molecular flexibility index (Phi) is 4.60. The van der Waals surface area contributed by atoms with E-state index in [9.17, 15) is 9.59 Å². The van der Waals surface area contributed by atoms with E-state index in [1.165, 1.54) is 6.92 Å². The highest BCUT2D eigenvalue weighted by molar-refractivity contribution is 6.34. The molecule has 21 heavy (non-hydrogen) atoms. The van der Waals surface area contributed by atoms with Crippen LogP contribution in [0.15, 0.2) is 42.5 Å². The highest BCUT2D eigenvalue weighted by Crippen LogP contribution is 2.25. The molecule has 0 aromatic heterocycles. The molecule has 2 aromatic rings. The number of anilines is 2. The minimum absolute atomic E-state index is 0.201. The molecule has 0 heterocycles.